The van der Waals surface area contributed by atoms with Crippen molar-refractivity contribution in [2.75, 3.05) is 0 Å². The normalized spacial score (nSPS) is 13.3. The number of para-hydroxylation sites is 1. The molecule has 0 atom stereocenters. The SMILES string of the molecule is [2H]c1c([2H])c([2H])c2c(c1[2H])c1c([2H])c([2H])c(-c3nc(-c4ccccc4)nc(-c4ccc(-c5ccccc5)cc4)n3)c([2H])c1n2-c1ccc2c(c1)sc1ccc(-c3ccccc3)cc12. The van der Waals surface area contributed by atoms with Crippen LogP contribution in [0.2, 0.25) is 0 Å². The number of rotatable bonds is 6. The molecule has 262 valence electrons. The summed E-state index contributed by atoms with van der Waals surface area (Å²) in [5, 5.41) is 2.24. The third kappa shape index (κ3) is 5.56. The highest BCUT2D eigenvalue weighted by Gasteiger charge is 2.18. The first-order valence-corrected chi connectivity index (χ1v) is 19.0. The third-order valence-electron chi connectivity index (χ3n) is 10.1. The molecule has 56 heavy (non-hydrogen) atoms. The predicted octanol–water partition coefficient (Wildman–Crippen LogP) is 13.7. The van der Waals surface area contributed by atoms with Crippen LogP contribution in [0.1, 0.15) is 9.60 Å². The monoisotopic (exact) mass is 739 g/mol. The van der Waals surface area contributed by atoms with Gasteiger partial charge in [-0.25, -0.2) is 15.0 Å². The zero-order chi connectivity index (χ0) is 43.1. The van der Waals surface area contributed by atoms with Gasteiger partial charge in [-0.2, -0.15) is 0 Å². The largest absolute Gasteiger partial charge is 0.309 e. The molecule has 11 aromatic rings. The van der Waals surface area contributed by atoms with E-state index in [1.54, 1.807) is 15.9 Å². The highest BCUT2D eigenvalue weighted by Crippen LogP contribution is 2.40. The molecular formula is C51H32N4S. The number of hydrogen-bond acceptors (Lipinski definition) is 4. The van der Waals surface area contributed by atoms with Crippen LogP contribution in [-0.2, 0) is 0 Å². The lowest BCUT2D eigenvalue weighted by molar-refractivity contribution is 1.07. The summed E-state index contributed by atoms with van der Waals surface area (Å²) in [7, 11) is 0. The Morgan fingerprint density at radius 2 is 0.946 bits per heavy atom. The fourth-order valence-electron chi connectivity index (χ4n) is 7.37. The molecule has 0 saturated carbocycles. The first-order chi connectivity index (χ1) is 30.7. The highest BCUT2D eigenvalue weighted by atomic mass is 32.1. The van der Waals surface area contributed by atoms with Crippen LogP contribution >= 0.6 is 11.3 Å². The van der Waals surface area contributed by atoms with E-state index in [2.05, 4.69) is 30.3 Å². The van der Waals surface area contributed by atoms with Gasteiger partial charge in [0.2, 0.25) is 0 Å². The lowest BCUT2D eigenvalue weighted by Gasteiger charge is -2.11. The van der Waals surface area contributed by atoms with E-state index in [1.165, 1.54) is 0 Å². The van der Waals surface area contributed by atoms with Crippen molar-refractivity contribution in [1.82, 2.24) is 19.5 Å². The van der Waals surface area contributed by atoms with Crippen LogP contribution in [0.5, 0.6) is 0 Å². The van der Waals surface area contributed by atoms with Crippen molar-refractivity contribution in [2.45, 2.75) is 0 Å². The fourth-order valence-corrected chi connectivity index (χ4v) is 8.49. The smallest absolute Gasteiger partial charge is 0.164 e. The molecule has 0 radical (unpaired) electrons. The summed E-state index contributed by atoms with van der Waals surface area (Å²) in [6.07, 6.45) is 0. The Bertz CT molecular complexity index is 3630. The number of aromatic nitrogens is 4. The van der Waals surface area contributed by atoms with Gasteiger partial charge in [-0.15, -0.1) is 11.3 Å². The van der Waals surface area contributed by atoms with E-state index in [0.717, 1.165) is 42.4 Å². The van der Waals surface area contributed by atoms with E-state index in [9.17, 15) is 5.48 Å². The maximum atomic E-state index is 9.98. The van der Waals surface area contributed by atoms with Crippen molar-refractivity contribution in [3.05, 3.63) is 194 Å². The van der Waals surface area contributed by atoms with Gasteiger partial charge in [0.25, 0.3) is 0 Å². The van der Waals surface area contributed by atoms with Crippen molar-refractivity contribution in [1.29, 1.82) is 0 Å². The molecule has 11 rings (SSSR count). The first kappa shape index (κ1) is 25.7. The summed E-state index contributed by atoms with van der Waals surface area (Å²) >= 11 is 1.60. The predicted molar refractivity (Wildman–Crippen MR) is 234 cm³/mol. The Kier molecular flexibility index (Phi) is 6.10. The van der Waals surface area contributed by atoms with Crippen LogP contribution in [0, 0.1) is 0 Å². The summed E-state index contributed by atoms with van der Waals surface area (Å²) in [6, 6.07) is 47.2. The van der Waals surface area contributed by atoms with Gasteiger partial charge in [-0.05, 0) is 58.6 Å². The maximum Gasteiger partial charge on any atom is 0.164 e. The van der Waals surface area contributed by atoms with Gasteiger partial charge in [0.05, 0.1) is 20.6 Å². The molecule has 5 heteroatoms. The summed E-state index contributed by atoms with van der Waals surface area (Å²) in [5.74, 6) is 0.649. The van der Waals surface area contributed by atoms with Crippen LogP contribution in [0.4, 0.5) is 0 Å². The van der Waals surface area contributed by atoms with E-state index < -0.39 is 12.1 Å². The van der Waals surface area contributed by atoms with E-state index in [0.29, 0.717) is 28.5 Å². The molecule has 0 N–H and O–H groups in total. The van der Waals surface area contributed by atoms with Gasteiger partial charge >= 0.3 is 0 Å². The van der Waals surface area contributed by atoms with Gasteiger partial charge in [-0.3, -0.25) is 0 Å². The summed E-state index contributed by atoms with van der Waals surface area (Å²) in [6.45, 7) is 0. The molecule has 0 spiro atoms. The number of fused-ring (bicyclic) bond motifs is 6. The lowest BCUT2D eigenvalue weighted by Crippen LogP contribution is -2.00. The molecule has 0 saturated heterocycles. The van der Waals surface area contributed by atoms with Crippen LogP contribution < -0.4 is 0 Å². The molecule has 0 aliphatic rings. The Balaban J connectivity index is 1.17. The molecule has 3 aromatic heterocycles. The van der Waals surface area contributed by atoms with E-state index in [-0.39, 0.29) is 63.4 Å². The molecule has 8 aromatic carbocycles. The quantitative estimate of drug-likeness (QED) is 0.171. The molecule has 0 aliphatic carbocycles. The second-order valence-corrected chi connectivity index (χ2v) is 14.6. The van der Waals surface area contributed by atoms with Crippen LogP contribution in [0.15, 0.2) is 194 Å². The van der Waals surface area contributed by atoms with Gasteiger partial charge in [-0.1, -0.05) is 158 Å². The maximum absolute atomic E-state index is 9.98. The van der Waals surface area contributed by atoms with E-state index >= 15 is 0 Å². The Morgan fingerprint density at radius 3 is 1.66 bits per heavy atom. The zero-order valence-corrected chi connectivity index (χ0v) is 30.4. The number of thiophene rings is 1. The van der Waals surface area contributed by atoms with Crippen molar-refractivity contribution in [3.8, 4) is 62.1 Å². The summed E-state index contributed by atoms with van der Waals surface area (Å²) in [4.78, 5) is 14.6. The Hall–Kier alpha value is -7.21. The van der Waals surface area contributed by atoms with Gasteiger partial charge in [0.15, 0.2) is 17.5 Å². The minimum absolute atomic E-state index is 0.0157. The molecule has 0 amide bonds. The van der Waals surface area contributed by atoms with Crippen LogP contribution in [0.3, 0.4) is 0 Å². The number of nitrogens with zero attached hydrogens (tertiary/aromatic N) is 4. The molecule has 0 fully saturated rings. The molecule has 0 aliphatic heterocycles. The fraction of sp³-hybridized carbons (Fsp3) is 0. The highest BCUT2D eigenvalue weighted by molar-refractivity contribution is 7.25. The summed E-state index contributed by atoms with van der Waals surface area (Å²) in [5.41, 5.74) is 6.42. The van der Waals surface area contributed by atoms with Crippen molar-refractivity contribution < 1.29 is 9.60 Å². The molecule has 0 bridgehead atoms. The average molecular weight is 740 g/mol. The Labute approximate surface area is 337 Å². The van der Waals surface area contributed by atoms with Crippen molar-refractivity contribution in [3.63, 3.8) is 0 Å². The van der Waals surface area contributed by atoms with Gasteiger partial charge < -0.3 is 4.57 Å². The minimum atomic E-state index is -0.463. The summed E-state index contributed by atoms with van der Waals surface area (Å²) < 4.78 is 68.4. The zero-order valence-electron chi connectivity index (χ0n) is 36.6. The minimum Gasteiger partial charge on any atom is -0.309 e. The molecular weight excluding hydrogens is 701 g/mol. The average Bonchev–Trinajstić information content (AvgIpc) is 3.89. The third-order valence-corrected chi connectivity index (χ3v) is 11.3. The van der Waals surface area contributed by atoms with Gasteiger partial charge in [0.1, 0.15) is 0 Å². The van der Waals surface area contributed by atoms with E-state index in [1.807, 2.05) is 121 Å². The number of benzene rings is 8. The lowest BCUT2D eigenvalue weighted by atomic mass is 10.0. The van der Waals surface area contributed by atoms with Crippen LogP contribution in [-0.4, -0.2) is 19.5 Å². The van der Waals surface area contributed by atoms with Gasteiger partial charge in [0, 0.05) is 53.3 Å². The standard InChI is InChI=1S/C51H32N4S/c1-4-12-33(13-5-1)35-20-22-37(23-21-35)50-52-49(36-16-8-3-9-17-36)53-51(54-50)39-24-27-42-41-18-10-11-19-45(41)55(46(42)31-39)40-26-28-43-44-30-38(34-14-6-2-7-15-34)25-29-47(44)56-48(43)32-40/h1-32H/i10D,11D,18D,19D,24D,27D,31D. The second-order valence-electron chi connectivity index (χ2n) is 13.5. The van der Waals surface area contributed by atoms with Crippen molar-refractivity contribution >= 4 is 53.3 Å². The molecule has 0 unspecified atom stereocenters. The first-order valence-electron chi connectivity index (χ1n) is 21.7. The van der Waals surface area contributed by atoms with Crippen molar-refractivity contribution in [2.24, 2.45) is 0 Å². The van der Waals surface area contributed by atoms with Crippen LogP contribution in [0.25, 0.3) is 104 Å². The second kappa shape index (κ2) is 13.3. The topological polar surface area (TPSA) is 43.6 Å². The Morgan fingerprint density at radius 1 is 0.393 bits per heavy atom. The number of hydrogen-bond donors (Lipinski definition) is 0. The molecule has 3 heterocycles. The molecule has 4 nitrogen and oxygen atoms in total. The van der Waals surface area contributed by atoms with E-state index in [4.69, 9.17) is 19.1 Å².